The van der Waals surface area contributed by atoms with Crippen molar-refractivity contribution in [3.63, 3.8) is 0 Å². The van der Waals surface area contributed by atoms with Crippen molar-refractivity contribution in [3.8, 4) is 17.2 Å². The van der Waals surface area contributed by atoms with Crippen LogP contribution < -0.4 is 19.6 Å². The maximum Gasteiger partial charge on any atom is 0.387 e. The third kappa shape index (κ3) is 3.85. The van der Waals surface area contributed by atoms with Gasteiger partial charge in [-0.25, -0.2) is 5.43 Å². The third-order valence-corrected chi connectivity index (χ3v) is 3.45. The summed E-state index contributed by atoms with van der Waals surface area (Å²) in [6.45, 7) is -1.26. The van der Waals surface area contributed by atoms with Crippen LogP contribution in [0.4, 0.5) is 8.78 Å². The highest BCUT2D eigenvalue weighted by atomic mass is 19.3. The maximum absolute atomic E-state index is 12.5. The molecular formula is C17H14F2N2O4. The van der Waals surface area contributed by atoms with E-state index in [9.17, 15) is 13.6 Å². The van der Waals surface area contributed by atoms with Gasteiger partial charge in [-0.05, 0) is 37.3 Å². The molecule has 0 spiro atoms. The summed E-state index contributed by atoms with van der Waals surface area (Å²) in [5.74, 6) is 0.555. The molecule has 1 aliphatic rings. The van der Waals surface area contributed by atoms with Crippen molar-refractivity contribution in [3.05, 3.63) is 53.6 Å². The van der Waals surface area contributed by atoms with E-state index in [2.05, 4.69) is 15.3 Å². The predicted octanol–water partition coefficient (Wildman–Crippen LogP) is 3.17. The van der Waals surface area contributed by atoms with E-state index in [-0.39, 0.29) is 12.5 Å². The average Bonchev–Trinajstić information content (AvgIpc) is 3.07. The number of nitrogens with zero attached hydrogens (tertiary/aromatic N) is 1. The van der Waals surface area contributed by atoms with E-state index in [1.54, 1.807) is 37.3 Å². The van der Waals surface area contributed by atoms with E-state index in [0.717, 1.165) is 0 Å². The van der Waals surface area contributed by atoms with Crippen LogP contribution in [-0.2, 0) is 0 Å². The molecule has 8 heteroatoms. The monoisotopic (exact) mass is 348 g/mol. The fourth-order valence-electron chi connectivity index (χ4n) is 2.26. The molecule has 1 N–H and O–H groups in total. The molecule has 0 saturated carbocycles. The number of hydrogen-bond donors (Lipinski definition) is 1. The van der Waals surface area contributed by atoms with Crippen LogP contribution in [0.2, 0.25) is 0 Å². The summed E-state index contributed by atoms with van der Waals surface area (Å²) in [6.07, 6.45) is 0. The Labute approximate surface area is 142 Å². The van der Waals surface area contributed by atoms with Crippen molar-refractivity contribution in [2.24, 2.45) is 5.10 Å². The lowest BCUT2D eigenvalue weighted by molar-refractivity contribution is -0.0499. The van der Waals surface area contributed by atoms with Gasteiger partial charge in [-0.3, -0.25) is 4.79 Å². The molecule has 0 aliphatic carbocycles. The van der Waals surface area contributed by atoms with Crippen molar-refractivity contribution >= 4 is 11.6 Å². The molecule has 0 bridgehead atoms. The zero-order valence-electron chi connectivity index (χ0n) is 13.2. The van der Waals surface area contributed by atoms with Gasteiger partial charge in [0.25, 0.3) is 5.91 Å². The number of carbonyl (C=O) groups is 1. The van der Waals surface area contributed by atoms with E-state index in [0.29, 0.717) is 28.3 Å². The summed E-state index contributed by atoms with van der Waals surface area (Å²) in [6, 6.07) is 10.9. The SMILES string of the molecule is CC(=NNC(=O)c1ccc2c(c1)OCO2)c1ccccc1OC(F)F. The third-order valence-electron chi connectivity index (χ3n) is 3.45. The Morgan fingerprint density at radius 3 is 2.76 bits per heavy atom. The van der Waals surface area contributed by atoms with Crippen molar-refractivity contribution in [1.29, 1.82) is 0 Å². The molecule has 3 rings (SSSR count). The van der Waals surface area contributed by atoms with Crippen LogP contribution in [0.15, 0.2) is 47.6 Å². The summed E-state index contributed by atoms with van der Waals surface area (Å²) >= 11 is 0. The lowest BCUT2D eigenvalue weighted by Crippen LogP contribution is -2.19. The summed E-state index contributed by atoms with van der Waals surface area (Å²) in [4.78, 5) is 12.2. The number of hydrogen-bond acceptors (Lipinski definition) is 5. The quantitative estimate of drug-likeness (QED) is 0.666. The van der Waals surface area contributed by atoms with Crippen LogP contribution in [0.3, 0.4) is 0 Å². The number of halogens is 2. The molecule has 25 heavy (non-hydrogen) atoms. The van der Waals surface area contributed by atoms with Crippen LogP contribution in [0, 0.1) is 0 Å². The van der Waals surface area contributed by atoms with Gasteiger partial charge in [0.2, 0.25) is 6.79 Å². The Hall–Kier alpha value is -3.16. The van der Waals surface area contributed by atoms with Crippen molar-refractivity contribution in [1.82, 2.24) is 5.43 Å². The topological polar surface area (TPSA) is 69.2 Å². The highest BCUT2D eigenvalue weighted by molar-refractivity contribution is 6.02. The van der Waals surface area contributed by atoms with Crippen LogP contribution in [-0.4, -0.2) is 25.0 Å². The zero-order chi connectivity index (χ0) is 17.8. The highest BCUT2D eigenvalue weighted by Gasteiger charge is 2.16. The van der Waals surface area contributed by atoms with Crippen LogP contribution >= 0.6 is 0 Å². The van der Waals surface area contributed by atoms with E-state index < -0.39 is 12.5 Å². The number of carbonyl (C=O) groups excluding carboxylic acids is 1. The van der Waals surface area contributed by atoms with Gasteiger partial charge in [-0.2, -0.15) is 13.9 Å². The number of fused-ring (bicyclic) bond motifs is 1. The van der Waals surface area contributed by atoms with E-state index >= 15 is 0 Å². The van der Waals surface area contributed by atoms with Crippen LogP contribution in [0.25, 0.3) is 0 Å². The first-order chi connectivity index (χ1) is 12.0. The van der Waals surface area contributed by atoms with E-state index in [1.165, 1.54) is 12.1 Å². The molecule has 0 saturated heterocycles. The van der Waals surface area contributed by atoms with Gasteiger partial charge in [0.1, 0.15) is 5.75 Å². The standard InChI is InChI=1S/C17H14F2N2O4/c1-10(12-4-2-3-5-13(12)25-17(18)19)20-21-16(22)11-6-7-14-15(8-11)24-9-23-14/h2-8,17H,9H2,1H3,(H,21,22). The minimum atomic E-state index is -2.95. The van der Waals surface area contributed by atoms with Gasteiger partial charge in [-0.15, -0.1) is 0 Å². The Kier molecular flexibility index (Phi) is 4.78. The zero-order valence-corrected chi connectivity index (χ0v) is 13.2. The summed E-state index contributed by atoms with van der Waals surface area (Å²) in [5.41, 5.74) is 3.39. The Morgan fingerprint density at radius 1 is 1.20 bits per heavy atom. The van der Waals surface area contributed by atoms with Gasteiger partial charge < -0.3 is 14.2 Å². The second kappa shape index (κ2) is 7.16. The molecule has 2 aromatic rings. The number of rotatable bonds is 5. The van der Waals surface area contributed by atoms with Crippen molar-refractivity contribution < 1.29 is 27.8 Å². The van der Waals surface area contributed by atoms with Gasteiger partial charge in [0, 0.05) is 11.1 Å². The summed E-state index contributed by atoms with van der Waals surface area (Å²) in [5, 5.41) is 3.95. The minimum absolute atomic E-state index is 0.0175. The first kappa shape index (κ1) is 16.7. The summed E-state index contributed by atoms with van der Waals surface area (Å²) in [7, 11) is 0. The first-order valence-corrected chi connectivity index (χ1v) is 7.33. The normalized spacial score (nSPS) is 13.0. The number of amides is 1. The van der Waals surface area contributed by atoms with Gasteiger partial charge >= 0.3 is 6.61 Å². The molecule has 2 aromatic carbocycles. The van der Waals surface area contributed by atoms with Gasteiger partial charge in [0.15, 0.2) is 11.5 Å². The molecule has 0 unspecified atom stereocenters. The van der Waals surface area contributed by atoms with E-state index in [1.807, 2.05) is 0 Å². The van der Waals surface area contributed by atoms with Crippen molar-refractivity contribution in [2.75, 3.05) is 6.79 Å². The molecule has 130 valence electrons. The fourth-order valence-corrected chi connectivity index (χ4v) is 2.26. The highest BCUT2D eigenvalue weighted by Crippen LogP contribution is 2.32. The fraction of sp³-hybridized carbons (Fsp3) is 0.176. The molecule has 0 atom stereocenters. The Balaban J connectivity index is 1.74. The molecule has 0 fully saturated rings. The molecule has 1 amide bonds. The minimum Gasteiger partial charge on any atom is -0.454 e. The predicted molar refractivity (Wildman–Crippen MR) is 85.3 cm³/mol. The molecular weight excluding hydrogens is 334 g/mol. The lowest BCUT2D eigenvalue weighted by Gasteiger charge is -2.10. The maximum atomic E-state index is 12.5. The Morgan fingerprint density at radius 2 is 1.96 bits per heavy atom. The number of alkyl halides is 2. The number of para-hydroxylation sites is 1. The van der Waals surface area contributed by atoms with Gasteiger partial charge in [0.05, 0.1) is 5.71 Å². The number of benzene rings is 2. The second-order valence-electron chi connectivity index (χ2n) is 5.08. The number of hydrazone groups is 1. The Bertz CT molecular complexity index is 824. The lowest BCUT2D eigenvalue weighted by atomic mass is 10.1. The molecule has 6 nitrogen and oxygen atoms in total. The van der Waals surface area contributed by atoms with Gasteiger partial charge in [-0.1, -0.05) is 12.1 Å². The second-order valence-corrected chi connectivity index (χ2v) is 5.08. The first-order valence-electron chi connectivity index (χ1n) is 7.33. The van der Waals surface area contributed by atoms with Crippen molar-refractivity contribution in [2.45, 2.75) is 13.5 Å². The van der Waals surface area contributed by atoms with Crippen LogP contribution in [0.5, 0.6) is 17.2 Å². The molecule has 1 heterocycles. The average molecular weight is 348 g/mol. The molecule has 1 aliphatic heterocycles. The number of nitrogens with one attached hydrogen (secondary N) is 1. The van der Waals surface area contributed by atoms with E-state index in [4.69, 9.17) is 9.47 Å². The van der Waals surface area contributed by atoms with Crippen LogP contribution in [0.1, 0.15) is 22.8 Å². The largest absolute Gasteiger partial charge is 0.454 e. The number of ether oxygens (including phenoxy) is 3. The summed E-state index contributed by atoms with van der Waals surface area (Å²) < 4.78 is 39.7. The smallest absolute Gasteiger partial charge is 0.387 e. The molecule has 0 radical (unpaired) electrons. The molecule has 0 aromatic heterocycles.